The fourth-order valence-electron chi connectivity index (χ4n) is 4.25. The Labute approximate surface area is 194 Å². The number of H-pyrrole nitrogens is 1. The van der Waals surface area contributed by atoms with Crippen molar-refractivity contribution in [2.24, 2.45) is 0 Å². The van der Waals surface area contributed by atoms with Gasteiger partial charge in [-0.05, 0) is 47.4 Å². The largest absolute Gasteiger partial charge is 0.493 e. The fraction of sp³-hybridized carbons (Fsp3) is 0.259. The minimum absolute atomic E-state index is 0.0403. The number of aromatic amines is 1. The van der Waals surface area contributed by atoms with Crippen molar-refractivity contribution in [3.63, 3.8) is 0 Å². The van der Waals surface area contributed by atoms with Gasteiger partial charge in [-0.1, -0.05) is 37.3 Å². The number of carbonyl (C=O) groups excluding carboxylic acids is 1. The Balaban J connectivity index is 1.69. The number of nitrogens with one attached hydrogen (secondary N) is 2. The summed E-state index contributed by atoms with van der Waals surface area (Å²) in [6.07, 6.45) is 4.98. The Kier molecular flexibility index (Phi) is 6.93. The molecule has 4 aromatic rings. The Hall–Kier alpha value is -3.80. The zero-order valence-electron chi connectivity index (χ0n) is 19.2. The van der Waals surface area contributed by atoms with Crippen molar-refractivity contribution in [3.05, 3.63) is 89.4 Å². The summed E-state index contributed by atoms with van der Waals surface area (Å²) in [5.74, 6) is 1.10. The number of rotatable bonds is 9. The molecular weight excluding hydrogens is 414 g/mol. The van der Waals surface area contributed by atoms with Gasteiger partial charge in [0, 0.05) is 35.6 Å². The van der Waals surface area contributed by atoms with Crippen LogP contribution in [0.25, 0.3) is 10.9 Å². The molecule has 6 nitrogen and oxygen atoms in total. The second-order valence-corrected chi connectivity index (χ2v) is 7.91. The van der Waals surface area contributed by atoms with Crippen molar-refractivity contribution in [1.29, 1.82) is 0 Å². The highest BCUT2D eigenvalue weighted by Gasteiger charge is 2.23. The lowest BCUT2D eigenvalue weighted by atomic mass is 9.87. The van der Waals surface area contributed by atoms with E-state index in [1.807, 2.05) is 42.6 Å². The molecule has 0 fully saturated rings. The molecule has 0 aliphatic rings. The highest BCUT2D eigenvalue weighted by Crippen LogP contribution is 2.38. The highest BCUT2D eigenvalue weighted by molar-refractivity contribution is 5.88. The summed E-state index contributed by atoms with van der Waals surface area (Å²) < 4.78 is 11.0. The molecule has 0 aliphatic heterocycles. The molecule has 6 heteroatoms. The molecule has 33 heavy (non-hydrogen) atoms. The van der Waals surface area contributed by atoms with E-state index in [0.29, 0.717) is 24.5 Å². The molecule has 1 amide bonds. The summed E-state index contributed by atoms with van der Waals surface area (Å²) in [4.78, 5) is 20.8. The molecule has 2 heterocycles. The van der Waals surface area contributed by atoms with Gasteiger partial charge in [0.15, 0.2) is 11.5 Å². The molecule has 0 saturated heterocycles. The van der Waals surface area contributed by atoms with Gasteiger partial charge in [-0.2, -0.15) is 0 Å². The maximum absolute atomic E-state index is 13.0. The summed E-state index contributed by atoms with van der Waals surface area (Å²) in [7, 11) is 3.24. The lowest BCUT2D eigenvalue weighted by molar-refractivity contribution is -0.121. The van der Waals surface area contributed by atoms with Gasteiger partial charge in [0.2, 0.25) is 5.91 Å². The van der Waals surface area contributed by atoms with Crippen molar-refractivity contribution >= 4 is 16.8 Å². The fourth-order valence-corrected chi connectivity index (χ4v) is 4.25. The third-order valence-electron chi connectivity index (χ3n) is 5.98. The summed E-state index contributed by atoms with van der Waals surface area (Å²) in [6.45, 7) is 2.54. The molecular formula is C27H29N3O3. The van der Waals surface area contributed by atoms with E-state index in [1.165, 1.54) is 5.56 Å². The first-order valence-electron chi connectivity index (χ1n) is 11.1. The van der Waals surface area contributed by atoms with E-state index < -0.39 is 0 Å². The average molecular weight is 444 g/mol. The van der Waals surface area contributed by atoms with Gasteiger partial charge in [0.25, 0.3) is 0 Å². The second-order valence-electron chi connectivity index (χ2n) is 7.91. The van der Waals surface area contributed by atoms with Crippen molar-refractivity contribution in [1.82, 2.24) is 15.3 Å². The van der Waals surface area contributed by atoms with Crippen molar-refractivity contribution in [3.8, 4) is 11.5 Å². The van der Waals surface area contributed by atoms with E-state index in [4.69, 9.17) is 9.47 Å². The summed E-state index contributed by atoms with van der Waals surface area (Å²) in [5.41, 5.74) is 5.27. The van der Waals surface area contributed by atoms with Crippen LogP contribution in [0.1, 0.15) is 41.6 Å². The van der Waals surface area contributed by atoms with Crippen LogP contribution < -0.4 is 14.8 Å². The predicted molar refractivity (Wildman–Crippen MR) is 130 cm³/mol. The molecule has 2 N–H and O–H groups in total. The van der Waals surface area contributed by atoms with Crippen LogP contribution in [-0.4, -0.2) is 30.1 Å². The number of benzene rings is 2. The zero-order valence-corrected chi connectivity index (χ0v) is 19.2. The maximum Gasteiger partial charge on any atom is 0.221 e. The average Bonchev–Trinajstić information content (AvgIpc) is 3.30. The summed E-state index contributed by atoms with van der Waals surface area (Å²) in [5, 5.41) is 4.15. The van der Waals surface area contributed by atoms with Gasteiger partial charge >= 0.3 is 0 Å². The number of aryl methyl sites for hydroxylation is 1. The first kappa shape index (κ1) is 22.4. The molecule has 0 radical (unpaired) electrons. The van der Waals surface area contributed by atoms with Crippen LogP contribution in [0.5, 0.6) is 11.5 Å². The molecule has 0 bridgehead atoms. The lowest BCUT2D eigenvalue weighted by Gasteiger charge is -2.19. The van der Waals surface area contributed by atoms with E-state index >= 15 is 0 Å². The third-order valence-corrected chi connectivity index (χ3v) is 5.98. The van der Waals surface area contributed by atoms with E-state index in [2.05, 4.69) is 40.4 Å². The molecule has 1 atom stereocenters. The normalized spacial score (nSPS) is 11.8. The topological polar surface area (TPSA) is 76.2 Å². The maximum atomic E-state index is 13.0. The van der Waals surface area contributed by atoms with E-state index in [9.17, 15) is 4.79 Å². The first-order valence-corrected chi connectivity index (χ1v) is 11.1. The Morgan fingerprint density at radius 3 is 2.64 bits per heavy atom. The number of methoxy groups -OCH3 is 2. The second kappa shape index (κ2) is 10.2. The number of ether oxygens (including phenoxy) is 2. The quantitative estimate of drug-likeness (QED) is 0.382. The van der Waals surface area contributed by atoms with Crippen LogP contribution in [0.3, 0.4) is 0 Å². The molecule has 4 rings (SSSR count). The summed E-state index contributed by atoms with van der Waals surface area (Å²) >= 11 is 0. The third kappa shape index (κ3) is 4.85. The molecule has 2 aromatic carbocycles. The Bertz CT molecular complexity index is 1230. The first-order chi connectivity index (χ1) is 16.1. The minimum Gasteiger partial charge on any atom is -0.493 e. The number of aromatic nitrogens is 2. The van der Waals surface area contributed by atoms with Crippen LogP contribution in [0.4, 0.5) is 0 Å². The number of nitrogens with zero attached hydrogens (tertiary/aromatic N) is 1. The summed E-state index contributed by atoms with van der Waals surface area (Å²) in [6, 6.07) is 17.8. The van der Waals surface area contributed by atoms with Crippen LogP contribution >= 0.6 is 0 Å². The Morgan fingerprint density at radius 1 is 1.06 bits per heavy atom. The number of para-hydroxylation sites is 1. The Morgan fingerprint density at radius 2 is 1.91 bits per heavy atom. The number of pyridine rings is 1. The van der Waals surface area contributed by atoms with Crippen LogP contribution in [0.15, 0.2) is 67.0 Å². The number of carbonyl (C=O) groups is 1. The smallest absolute Gasteiger partial charge is 0.221 e. The van der Waals surface area contributed by atoms with Gasteiger partial charge in [-0.25, -0.2) is 0 Å². The van der Waals surface area contributed by atoms with Gasteiger partial charge in [0.05, 0.1) is 26.5 Å². The molecule has 0 spiro atoms. The zero-order chi connectivity index (χ0) is 23.2. The SMILES string of the molecule is CCc1cccc2c([C@H](CC(=O)NCc3ccccn3)c3ccc(OC)c(OC)c3)c[nH]c12. The van der Waals surface area contributed by atoms with Gasteiger partial charge in [-0.15, -0.1) is 0 Å². The predicted octanol–water partition coefficient (Wildman–Crippen LogP) is 4.98. The van der Waals surface area contributed by atoms with Crippen LogP contribution in [0.2, 0.25) is 0 Å². The van der Waals surface area contributed by atoms with Gasteiger partial charge in [0.1, 0.15) is 0 Å². The molecule has 0 saturated carbocycles. The van der Waals surface area contributed by atoms with Crippen molar-refractivity contribution in [2.45, 2.75) is 32.2 Å². The van der Waals surface area contributed by atoms with Crippen molar-refractivity contribution < 1.29 is 14.3 Å². The number of fused-ring (bicyclic) bond motifs is 1. The highest BCUT2D eigenvalue weighted by atomic mass is 16.5. The van der Waals surface area contributed by atoms with Crippen LogP contribution in [0, 0.1) is 0 Å². The van der Waals surface area contributed by atoms with E-state index in [0.717, 1.165) is 34.1 Å². The number of amides is 1. The molecule has 2 aromatic heterocycles. The van der Waals surface area contributed by atoms with Crippen molar-refractivity contribution in [2.75, 3.05) is 14.2 Å². The minimum atomic E-state index is -0.158. The van der Waals surface area contributed by atoms with Gasteiger partial charge in [-0.3, -0.25) is 9.78 Å². The number of hydrogen-bond donors (Lipinski definition) is 2. The van der Waals surface area contributed by atoms with E-state index in [-0.39, 0.29) is 11.8 Å². The van der Waals surface area contributed by atoms with Gasteiger partial charge < -0.3 is 19.8 Å². The number of hydrogen-bond acceptors (Lipinski definition) is 4. The molecule has 0 unspecified atom stereocenters. The molecule has 0 aliphatic carbocycles. The lowest BCUT2D eigenvalue weighted by Crippen LogP contribution is -2.25. The standard InChI is InChI=1S/C27H29N3O3/c1-4-18-8-7-10-21-23(17-30-27(18)21)22(19-11-12-24(32-2)25(14-19)33-3)15-26(31)29-16-20-9-5-6-13-28-20/h5-14,17,22,30H,4,15-16H2,1-3H3,(H,29,31)/t22-/m1/s1. The van der Waals surface area contributed by atoms with Crippen LogP contribution in [-0.2, 0) is 17.8 Å². The monoisotopic (exact) mass is 443 g/mol. The molecule has 170 valence electrons. The van der Waals surface area contributed by atoms with E-state index in [1.54, 1.807) is 20.4 Å².